The second-order valence-electron chi connectivity index (χ2n) is 8.22. The van der Waals surface area contributed by atoms with Crippen LogP contribution >= 0.6 is 0 Å². The molecule has 6 nitrogen and oxygen atoms in total. The van der Waals surface area contributed by atoms with Crippen molar-refractivity contribution in [3.8, 4) is 11.5 Å². The Kier molecular flexibility index (Phi) is 6.41. The number of carbonyl (C=O) groups excluding carboxylic acids is 2. The van der Waals surface area contributed by atoms with Gasteiger partial charge in [0.15, 0.2) is 0 Å². The topological polar surface area (TPSA) is 67.9 Å². The standard InChI is InChI=1S/C28H28N2O4/c1-6-34-24-10-8-7-9-22(24)30-27(31)25(20-13-12-18(3)19(4)16-20)26(28(30)32)29-21-15-17(2)11-14-23(21)33-5/h7-16,29H,6H2,1-5H3. The molecule has 0 saturated carbocycles. The van der Waals surface area contributed by atoms with Crippen molar-refractivity contribution in [2.45, 2.75) is 27.7 Å². The summed E-state index contributed by atoms with van der Waals surface area (Å²) in [5.41, 5.74) is 5.33. The maximum absolute atomic E-state index is 13.8. The van der Waals surface area contributed by atoms with Gasteiger partial charge in [-0.3, -0.25) is 9.59 Å². The van der Waals surface area contributed by atoms with Gasteiger partial charge in [-0.1, -0.05) is 36.4 Å². The smallest absolute Gasteiger partial charge is 0.282 e. The van der Waals surface area contributed by atoms with Crippen LogP contribution in [0.15, 0.2) is 66.4 Å². The molecule has 1 aliphatic heterocycles. The fourth-order valence-electron chi connectivity index (χ4n) is 4.00. The molecular formula is C28H28N2O4. The largest absolute Gasteiger partial charge is 0.495 e. The number of aryl methyl sites for hydroxylation is 3. The van der Waals surface area contributed by atoms with Gasteiger partial charge in [-0.15, -0.1) is 0 Å². The van der Waals surface area contributed by atoms with Gasteiger partial charge in [0.25, 0.3) is 11.8 Å². The van der Waals surface area contributed by atoms with Crippen molar-refractivity contribution in [1.82, 2.24) is 0 Å². The lowest BCUT2D eigenvalue weighted by atomic mass is 9.99. The number of ether oxygens (including phenoxy) is 2. The molecular weight excluding hydrogens is 428 g/mol. The molecule has 1 heterocycles. The van der Waals surface area contributed by atoms with Gasteiger partial charge in [-0.25, -0.2) is 4.90 Å². The Labute approximate surface area is 199 Å². The molecule has 1 N–H and O–H groups in total. The van der Waals surface area contributed by atoms with Crippen LogP contribution in [0.25, 0.3) is 5.57 Å². The van der Waals surface area contributed by atoms with Gasteiger partial charge in [0, 0.05) is 0 Å². The van der Waals surface area contributed by atoms with Crippen LogP contribution in [0.2, 0.25) is 0 Å². The first-order valence-corrected chi connectivity index (χ1v) is 11.2. The molecule has 174 valence electrons. The van der Waals surface area contributed by atoms with Crippen molar-refractivity contribution in [3.63, 3.8) is 0 Å². The van der Waals surface area contributed by atoms with E-state index in [9.17, 15) is 9.59 Å². The van der Waals surface area contributed by atoms with E-state index in [1.54, 1.807) is 25.3 Å². The molecule has 0 atom stereocenters. The Bertz CT molecular complexity index is 1310. The zero-order valence-electron chi connectivity index (χ0n) is 20.1. The molecule has 0 spiro atoms. The highest BCUT2D eigenvalue weighted by molar-refractivity contribution is 6.46. The summed E-state index contributed by atoms with van der Waals surface area (Å²) < 4.78 is 11.2. The van der Waals surface area contributed by atoms with E-state index >= 15 is 0 Å². The predicted molar refractivity (Wildman–Crippen MR) is 134 cm³/mol. The molecule has 3 aromatic carbocycles. The molecule has 3 aromatic rings. The van der Waals surface area contributed by atoms with Crippen LogP contribution in [0.1, 0.15) is 29.2 Å². The maximum atomic E-state index is 13.8. The summed E-state index contributed by atoms with van der Waals surface area (Å²) in [6.45, 7) is 8.22. The van der Waals surface area contributed by atoms with Gasteiger partial charge in [0.05, 0.1) is 30.7 Å². The summed E-state index contributed by atoms with van der Waals surface area (Å²) in [5, 5.41) is 3.22. The molecule has 0 bridgehead atoms. The van der Waals surface area contributed by atoms with E-state index in [0.29, 0.717) is 40.6 Å². The Balaban J connectivity index is 1.89. The third-order valence-electron chi connectivity index (χ3n) is 5.90. The highest BCUT2D eigenvalue weighted by Gasteiger charge is 2.41. The number of imide groups is 1. The second-order valence-corrected chi connectivity index (χ2v) is 8.22. The Morgan fingerprint density at radius 2 is 1.62 bits per heavy atom. The fourth-order valence-corrected chi connectivity index (χ4v) is 4.00. The lowest BCUT2D eigenvalue weighted by Crippen LogP contribution is -2.32. The monoisotopic (exact) mass is 456 g/mol. The summed E-state index contributed by atoms with van der Waals surface area (Å²) in [6.07, 6.45) is 0. The second kappa shape index (κ2) is 9.43. The average molecular weight is 457 g/mol. The zero-order chi connectivity index (χ0) is 24.4. The molecule has 0 aliphatic carbocycles. The third-order valence-corrected chi connectivity index (χ3v) is 5.90. The summed E-state index contributed by atoms with van der Waals surface area (Å²) in [6, 6.07) is 18.5. The predicted octanol–water partition coefficient (Wildman–Crippen LogP) is 5.42. The van der Waals surface area contributed by atoms with Gasteiger partial charge >= 0.3 is 0 Å². The SMILES string of the molecule is CCOc1ccccc1N1C(=O)C(Nc2cc(C)ccc2OC)=C(c2ccc(C)c(C)c2)C1=O. The van der Waals surface area contributed by atoms with Gasteiger partial charge in [0.1, 0.15) is 17.2 Å². The number of rotatable bonds is 7. The van der Waals surface area contributed by atoms with E-state index in [4.69, 9.17) is 9.47 Å². The highest BCUT2D eigenvalue weighted by Crippen LogP contribution is 2.39. The van der Waals surface area contributed by atoms with Crippen LogP contribution in [0, 0.1) is 20.8 Å². The zero-order valence-corrected chi connectivity index (χ0v) is 20.1. The first-order chi connectivity index (χ1) is 16.3. The fraction of sp³-hybridized carbons (Fsp3) is 0.214. The first-order valence-electron chi connectivity index (χ1n) is 11.2. The summed E-state index contributed by atoms with van der Waals surface area (Å²) >= 11 is 0. The average Bonchev–Trinajstić information content (AvgIpc) is 3.06. The third kappa shape index (κ3) is 4.15. The number of benzene rings is 3. The van der Waals surface area contributed by atoms with E-state index in [1.165, 1.54) is 4.90 Å². The van der Waals surface area contributed by atoms with Crippen molar-refractivity contribution in [2.75, 3.05) is 23.9 Å². The summed E-state index contributed by atoms with van der Waals surface area (Å²) in [4.78, 5) is 28.8. The number of methoxy groups -OCH3 is 1. The number of carbonyl (C=O) groups is 2. The Morgan fingerprint density at radius 3 is 2.32 bits per heavy atom. The lowest BCUT2D eigenvalue weighted by Gasteiger charge is -2.19. The van der Waals surface area contributed by atoms with Crippen LogP contribution in [-0.4, -0.2) is 25.5 Å². The minimum absolute atomic E-state index is 0.198. The van der Waals surface area contributed by atoms with E-state index in [2.05, 4.69) is 5.32 Å². The Hall–Kier alpha value is -4.06. The van der Waals surface area contributed by atoms with Crippen LogP contribution < -0.4 is 19.7 Å². The quantitative estimate of drug-likeness (QED) is 0.481. The molecule has 2 amide bonds. The molecule has 4 rings (SSSR count). The van der Waals surface area contributed by atoms with Crippen molar-refractivity contribution in [1.29, 1.82) is 0 Å². The molecule has 6 heteroatoms. The van der Waals surface area contributed by atoms with E-state index in [0.717, 1.165) is 16.7 Å². The molecule has 0 saturated heterocycles. The van der Waals surface area contributed by atoms with Crippen molar-refractivity contribution in [3.05, 3.63) is 88.6 Å². The maximum Gasteiger partial charge on any atom is 0.282 e. The summed E-state index contributed by atoms with van der Waals surface area (Å²) in [5.74, 6) is 0.190. The number of hydrogen-bond donors (Lipinski definition) is 1. The Morgan fingerprint density at radius 1 is 0.853 bits per heavy atom. The van der Waals surface area contributed by atoms with Crippen LogP contribution in [0.4, 0.5) is 11.4 Å². The van der Waals surface area contributed by atoms with E-state index in [-0.39, 0.29) is 5.70 Å². The number of para-hydroxylation sites is 2. The number of amides is 2. The molecule has 0 unspecified atom stereocenters. The van der Waals surface area contributed by atoms with Gasteiger partial charge < -0.3 is 14.8 Å². The van der Waals surface area contributed by atoms with Crippen LogP contribution in [-0.2, 0) is 9.59 Å². The molecule has 34 heavy (non-hydrogen) atoms. The minimum Gasteiger partial charge on any atom is -0.495 e. The highest BCUT2D eigenvalue weighted by atomic mass is 16.5. The molecule has 0 radical (unpaired) electrons. The first kappa shape index (κ1) is 23.1. The van der Waals surface area contributed by atoms with E-state index in [1.807, 2.05) is 70.2 Å². The number of nitrogens with one attached hydrogen (secondary N) is 1. The molecule has 0 fully saturated rings. The van der Waals surface area contributed by atoms with Crippen molar-refractivity contribution < 1.29 is 19.1 Å². The number of nitrogens with zero attached hydrogens (tertiary/aromatic N) is 1. The van der Waals surface area contributed by atoms with Crippen LogP contribution in [0.3, 0.4) is 0 Å². The van der Waals surface area contributed by atoms with Gasteiger partial charge in [-0.05, 0) is 74.2 Å². The number of anilines is 2. The van der Waals surface area contributed by atoms with Gasteiger partial charge in [-0.2, -0.15) is 0 Å². The lowest BCUT2D eigenvalue weighted by molar-refractivity contribution is -0.120. The van der Waals surface area contributed by atoms with E-state index < -0.39 is 11.8 Å². The minimum atomic E-state index is -0.450. The van der Waals surface area contributed by atoms with Crippen molar-refractivity contribution in [2.24, 2.45) is 0 Å². The van der Waals surface area contributed by atoms with Crippen molar-refractivity contribution >= 4 is 28.8 Å². The van der Waals surface area contributed by atoms with Crippen LogP contribution in [0.5, 0.6) is 11.5 Å². The normalized spacial score (nSPS) is 13.5. The molecule has 0 aromatic heterocycles. The van der Waals surface area contributed by atoms with Gasteiger partial charge in [0.2, 0.25) is 0 Å². The number of hydrogen-bond acceptors (Lipinski definition) is 5. The molecule has 1 aliphatic rings. The summed E-state index contributed by atoms with van der Waals surface area (Å²) in [7, 11) is 1.57.